The third-order valence-corrected chi connectivity index (χ3v) is 2.64. The van der Waals surface area contributed by atoms with Crippen molar-refractivity contribution in [3.05, 3.63) is 41.1 Å². The monoisotopic (exact) mass is 201 g/mol. The average Bonchev–Trinajstić information content (AvgIpc) is 2.27. The van der Waals surface area contributed by atoms with E-state index in [0.717, 1.165) is 28.6 Å². The average molecular weight is 201 g/mol. The number of aromatic nitrogens is 1. The molecule has 2 rings (SSSR count). The molecule has 0 bridgehead atoms. The van der Waals surface area contributed by atoms with Gasteiger partial charge in [-0.15, -0.1) is 0 Å². The van der Waals surface area contributed by atoms with Gasteiger partial charge < -0.3 is 5.11 Å². The molecule has 0 fully saturated rings. The van der Waals surface area contributed by atoms with Gasteiger partial charge in [0.25, 0.3) is 0 Å². The second-order valence-corrected chi connectivity index (χ2v) is 3.80. The molecule has 1 N–H and O–H groups in total. The summed E-state index contributed by atoms with van der Waals surface area (Å²) in [5, 5.41) is 10.3. The highest BCUT2D eigenvalue weighted by molar-refractivity contribution is 5.80. The van der Waals surface area contributed by atoms with E-state index in [0.29, 0.717) is 0 Å². The molecule has 0 amide bonds. The van der Waals surface area contributed by atoms with E-state index in [4.69, 9.17) is 0 Å². The molecule has 1 aromatic heterocycles. The summed E-state index contributed by atoms with van der Waals surface area (Å²) in [5.74, 6) is 0. The van der Waals surface area contributed by atoms with Crippen molar-refractivity contribution in [3.63, 3.8) is 0 Å². The highest BCUT2D eigenvalue weighted by Gasteiger charge is 2.04. The minimum absolute atomic E-state index is 0.0695. The minimum Gasteiger partial charge on any atom is -0.392 e. The van der Waals surface area contributed by atoms with Gasteiger partial charge in [-0.05, 0) is 37.1 Å². The Morgan fingerprint density at radius 2 is 2.07 bits per heavy atom. The Morgan fingerprint density at radius 1 is 1.27 bits per heavy atom. The van der Waals surface area contributed by atoms with E-state index in [9.17, 15) is 5.11 Å². The predicted octanol–water partition coefficient (Wildman–Crippen LogP) is 2.60. The number of fused-ring (bicyclic) bond motifs is 1. The molecule has 1 aromatic carbocycles. The molecule has 15 heavy (non-hydrogen) atoms. The van der Waals surface area contributed by atoms with Crippen LogP contribution in [0.15, 0.2) is 24.3 Å². The van der Waals surface area contributed by atoms with E-state index in [1.165, 1.54) is 5.56 Å². The Balaban J connectivity index is 2.69. The quantitative estimate of drug-likeness (QED) is 0.810. The SMILES string of the molecule is CCc1nc2ccc(C)cc2cc1CO. The zero-order valence-corrected chi connectivity index (χ0v) is 9.12. The van der Waals surface area contributed by atoms with Gasteiger partial charge in [-0.25, -0.2) is 0 Å². The number of aryl methyl sites for hydroxylation is 2. The number of hydrogen-bond acceptors (Lipinski definition) is 2. The maximum Gasteiger partial charge on any atom is 0.0705 e. The fourth-order valence-corrected chi connectivity index (χ4v) is 1.82. The van der Waals surface area contributed by atoms with E-state index in [1.54, 1.807) is 0 Å². The first-order valence-electron chi connectivity index (χ1n) is 5.24. The summed E-state index contributed by atoms with van der Waals surface area (Å²) >= 11 is 0. The highest BCUT2D eigenvalue weighted by Crippen LogP contribution is 2.18. The molecule has 0 aliphatic carbocycles. The van der Waals surface area contributed by atoms with Crippen LogP contribution < -0.4 is 0 Å². The Kier molecular flexibility index (Phi) is 2.69. The fraction of sp³-hybridized carbons (Fsp3) is 0.308. The van der Waals surface area contributed by atoms with E-state index >= 15 is 0 Å². The van der Waals surface area contributed by atoms with Gasteiger partial charge in [-0.2, -0.15) is 0 Å². The normalized spacial score (nSPS) is 10.9. The summed E-state index contributed by atoms with van der Waals surface area (Å²) in [6.45, 7) is 4.19. The molecule has 0 radical (unpaired) electrons. The first-order chi connectivity index (χ1) is 7.24. The summed E-state index contributed by atoms with van der Waals surface area (Å²) in [5.41, 5.74) is 4.16. The van der Waals surface area contributed by atoms with Crippen LogP contribution in [0.25, 0.3) is 10.9 Å². The summed E-state index contributed by atoms with van der Waals surface area (Å²) in [6.07, 6.45) is 0.861. The summed E-state index contributed by atoms with van der Waals surface area (Å²) in [7, 11) is 0. The van der Waals surface area contributed by atoms with Gasteiger partial charge in [0.1, 0.15) is 0 Å². The van der Waals surface area contributed by atoms with Gasteiger partial charge in [0.15, 0.2) is 0 Å². The van der Waals surface area contributed by atoms with Crippen LogP contribution in [0.3, 0.4) is 0 Å². The van der Waals surface area contributed by atoms with Crippen molar-refractivity contribution >= 4 is 10.9 Å². The molecule has 1 heterocycles. The first kappa shape index (κ1) is 10.1. The van der Waals surface area contributed by atoms with Gasteiger partial charge in [-0.1, -0.05) is 18.6 Å². The molecule has 0 unspecified atom stereocenters. The molecular formula is C13H15NO. The van der Waals surface area contributed by atoms with E-state index in [1.807, 2.05) is 12.1 Å². The smallest absolute Gasteiger partial charge is 0.0705 e. The lowest BCUT2D eigenvalue weighted by molar-refractivity contribution is 0.280. The van der Waals surface area contributed by atoms with Crippen LogP contribution in [0.2, 0.25) is 0 Å². The van der Waals surface area contributed by atoms with Crippen molar-refractivity contribution in [1.82, 2.24) is 4.98 Å². The van der Waals surface area contributed by atoms with Crippen molar-refractivity contribution in [3.8, 4) is 0 Å². The van der Waals surface area contributed by atoms with Gasteiger partial charge in [0.05, 0.1) is 12.1 Å². The largest absolute Gasteiger partial charge is 0.392 e. The third kappa shape index (κ3) is 1.85. The molecule has 0 atom stereocenters. The lowest BCUT2D eigenvalue weighted by Crippen LogP contribution is -1.97. The van der Waals surface area contributed by atoms with Gasteiger partial charge in [0, 0.05) is 11.1 Å². The second kappa shape index (κ2) is 3.99. The maximum absolute atomic E-state index is 9.24. The standard InChI is InChI=1S/C13H15NO/c1-3-12-11(8-15)7-10-6-9(2)4-5-13(10)14-12/h4-7,15H,3,8H2,1-2H3. The van der Waals surface area contributed by atoms with Gasteiger partial charge in [0.2, 0.25) is 0 Å². The second-order valence-electron chi connectivity index (χ2n) is 3.80. The van der Waals surface area contributed by atoms with Gasteiger partial charge in [-0.3, -0.25) is 4.98 Å². The van der Waals surface area contributed by atoms with Crippen LogP contribution in [0.5, 0.6) is 0 Å². The number of pyridine rings is 1. The first-order valence-corrected chi connectivity index (χ1v) is 5.24. The molecule has 0 aliphatic rings. The molecule has 78 valence electrons. The van der Waals surface area contributed by atoms with Crippen LogP contribution in [-0.4, -0.2) is 10.1 Å². The van der Waals surface area contributed by atoms with E-state index in [-0.39, 0.29) is 6.61 Å². The van der Waals surface area contributed by atoms with Crippen LogP contribution in [0.1, 0.15) is 23.7 Å². The molecular weight excluding hydrogens is 186 g/mol. The Labute approximate surface area is 89.6 Å². The summed E-state index contributed by atoms with van der Waals surface area (Å²) in [4.78, 5) is 4.55. The molecule has 2 aromatic rings. The third-order valence-electron chi connectivity index (χ3n) is 2.64. The molecule has 2 heteroatoms. The van der Waals surface area contributed by atoms with Crippen molar-refractivity contribution in [1.29, 1.82) is 0 Å². The number of aliphatic hydroxyl groups excluding tert-OH is 1. The molecule has 0 saturated carbocycles. The van der Waals surface area contributed by atoms with Gasteiger partial charge >= 0.3 is 0 Å². The number of hydrogen-bond donors (Lipinski definition) is 1. The Morgan fingerprint density at radius 3 is 2.73 bits per heavy atom. The van der Waals surface area contributed by atoms with Crippen LogP contribution in [0.4, 0.5) is 0 Å². The fourth-order valence-electron chi connectivity index (χ4n) is 1.82. The number of benzene rings is 1. The number of rotatable bonds is 2. The Hall–Kier alpha value is -1.41. The van der Waals surface area contributed by atoms with Crippen molar-refractivity contribution < 1.29 is 5.11 Å². The van der Waals surface area contributed by atoms with Crippen molar-refractivity contribution in [2.75, 3.05) is 0 Å². The van der Waals surface area contributed by atoms with Crippen LogP contribution in [0, 0.1) is 6.92 Å². The predicted molar refractivity (Wildman–Crippen MR) is 61.8 cm³/mol. The summed E-state index contributed by atoms with van der Waals surface area (Å²) < 4.78 is 0. The zero-order chi connectivity index (χ0) is 10.8. The molecule has 0 spiro atoms. The van der Waals surface area contributed by atoms with E-state index < -0.39 is 0 Å². The number of nitrogens with zero attached hydrogens (tertiary/aromatic N) is 1. The Bertz CT molecular complexity index is 491. The lowest BCUT2D eigenvalue weighted by Gasteiger charge is -2.07. The van der Waals surface area contributed by atoms with Crippen LogP contribution >= 0.6 is 0 Å². The number of aliphatic hydroxyl groups is 1. The molecule has 2 nitrogen and oxygen atoms in total. The van der Waals surface area contributed by atoms with Crippen LogP contribution in [-0.2, 0) is 13.0 Å². The lowest BCUT2D eigenvalue weighted by atomic mass is 10.1. The molecule has 0 aliphatic heterocycles. The van der Waals surface area contributed by atoms with Crippen molar-refractivity contribution in [2.45, 2.75) is 26.9 Å². The molecule has 0 saturated heterocycles. The summed E-state index contributed by atoms with van der Waals surface area (Å²) in [6, 6.07) is 8.23. The van der Waals surface area contributed by atoms with Crippen molar-refractivity contribution in [2.24, 2.45) is 0 Å². The highest BCUT2D eigenvalue weighted by atomic mass is 16.3. The van der Waals surface area contributed by atoms with E-state index in [2.05, 4.69) is 31.0 Å². The zero-order valence-electron chi connectivity index (χ0n) is 9.12. The topological polar surface area (TPSA) is 33.1 Å². The minimum atomic E-state index is 0.0695. The maximum atomic E-state index is 9.24.